The Kier molecular flexibility index (Phi) is 8.42. The second-order valence-corrected chi connectivity index (χ2v) is 4.44. The highest BCUT2D eigenvalue weighted by Crippen LogP contribution is 2.26. The molecule has 21 heavy (non-hydrogen) atoms. The molecule has 0 aliphatic carbocycles. The van der Waals surface area contributed by atoms with Crippen LogP contribution in [-0.4, -0.2) is 39.6 Å². The van der Waals surface area contributed by atoms with Gasteiger partial charge in [0.15, 0.2) is 0 Å². The molecule has 1 atom stereocenters. The number of methoxy groups -OCH3 is 1. The maximum absolute atomic E-state index is 12.0. The Balaban J connectivity index is 0.00000400. The zero-order valence-corrected chi connectivity index (χ0v) is 13.5. The average molecular weight is 316 g/mol. The van der Waals surface area contributed by atoms with Crippen LogP contribution in [0.2, 0.25) is 0 Å². The third-order valence-corrected chi connectivity index (χ3v) is 2.90. The Morgan fingerprint density at radius 3 is 2.48 bits per heavy atom. The van der Waals surface area contributed by atoms with Gasteiger partial charge in [-0.1, -0.05) is 6.92 Å². The molecule has 0 radical (unpaired) electrons. The van der Waals surface area contributed by atoms with E-state index in [1.54, 1.807) is 32.3 Å². The summed E-state index contributed by atoms with van der Waals surface area (Å²) in [7, 11) is 4.86. The van der Waals surface area contributed by atoms with Crippen LogP contribution in [0.5, 0.6) is 5.75 Å². The molecule has 0 aliphatic heterocycles. The molecule has 0 saturated carbocycles. The van der Waals surface area contributed by atoms with Crippen molar-refractivity contribution in [3.05, 3.63) is 23.8 Å². The predicted octanol–water partition coefficient (Wildman–Crippen LogP) is 1.27. The van der Waals surface area contributed by atoms with E-state index in [0.29, 0.717) is 23.5 Å². The highest BCUT2D eigenvalue weighted by molar-refractivity contribution is 5.98. The predicted molar refractivity (Wildman–Crippen MR) is 85.4 cm³/mol. The molecule has 118 valence electrons. The van der Waals surface area contributed by atoms with Gasteiger partial charge in [0.05, 0.1) is 12.8 Å². The van der Waals surface area contributed by atoms with E-state index in [1.807, 2.05) is 6.92 Å². The van der Waals surface area contributed by atoms with E-state index in [1.165, 1.54) is 7.11 Å². The van der Waals surface area contributed by atoms with Crippen molar-refractivity contribution in [1.29, 1.82) is 0 Å². The molecular weight excluding hydrogens is 294 g/mol. The maximum Gasteiger partial charge on any atom is 0.251 e. The van der Waals surface area contributed by atoms with Gasteiger partial charge in [-0.3, -0.25) is 9.59 Å². The number of halogens is 1. The molecule has 1 aromatic carbocycles. The molecule has 7 heteroatoms. The van der Waals surface area contributed by atoms with Gasteiger partial charge in [0, 0.05) is 25.1 Å². The zero-order chi connectivity index (χ0) is 15.1. The Morgan fingerprint density at radius 1 is 1.29 bits per heavy atom. The number of anilines is 1. The summed E-state index contributed by atoms with van der Waals surface area (Å²) in [5.74, 6) is -0.0193. The van der Waals surface area contributed by atoms with Crippen LogP contribution >= 0.6 is 12.4 Å². The molecule has 0 saturated heterocycles. The third kappa shape index (κ3) is 5.24. The summed E-state index contributed by atoms with van der Waals surface area (Å²) >= 11 is 0. The first-order chi connectivity index (χ1) is 9.53. The minimum Gasteiger partial charge on any atom is -0.495 e. The molecule has 0 heterocycles. The van der Waals surface area contributed by atoms with Crippen LogP contribution in [0.15, 0.2) is 18.2 Å². The molecule has 0 spiro atoms. The van der Waals surface area contributed by atoms with Crippen LogP contribution in [0.1, 0.15) is 17.3 Å². The quantitative estimate of drug-likeness (QED) is 0.738. The minimum absolute atomic E-state index is 0. The number of amides is 2. The third-order valence-electron chi connectivity index (χ3n) is 2.90. The maximum atomic E-state index is 12.0. The summed E-state index contributed by atoms with van der Waals surface area (Å²) in [6, 6.07) is 4.90. The molecule has 1 unspecified atom stereocenters. The van der Waals surface area contributed by atoms with Gasteiger partial charge in [-0.2, -0.15) is 0 Å². The van der Waals surface area contributed by atoms with E-state index in [-0.39, 0.29) is 30.1 Å². The van der Waals surface area contributed by atoms with E-state index < -0.39 is 0 Å². The summed E-state index contributed by atoms with van der Waals surface area (Å²) < 4.78 is 5.19. The molecular formula is C14H22ClN3O3. The van der Waals surface area contributed by atoms with Gasteiger partial charge in [-0.25, -0.2) is 0 Å². The van der Waals surface area contributed by atoms with Crippen molar-refractivity contribution >= 4 is 29.9 Å². The van der Waals surface area contributed by atoms with Crippen molar-refractivity contribution < 1.29 is 14.3 Å². The largest absolute Gasteiger partial charge is 0.495 e. The van der Waals surface area contributed by atoms with E-state index in [9.17, 15) is 9.59 Å². The zero-order valence-electron chi connectivity index (χ0n) is 12.6. The topological polar surface area (TPSA) is 79.5 Å². The van der Waals surface area contributed by atoms with Crippen LogP contribution in [0.3, 0.4) is 0 Å². The van der Waals surface area contributed by atoms with Crippen molar-refractivity contribution in [3.8, 4) is 5.75 Å². The Bertz CT molecular complexity index is 494. The number of carbonyl (C=O) groups excluding carboxylic acids is 2. The van der Waals surface area contributed by atoms with Crippen molar-refractivity contribution in [2.75, 3.05) is 33.1 Å². The fraction of sp³-hybridized carbons (Fsp3) is 0.429. The number of carbonyl (C=O) groups is 2. The number of rotatable bonds is 6. The first-order valence-corrected chi connectivity index (χ1v) is 6.39. The molecule has 0 fully saturated rings. The van der Waals surface area contributed by atoms with Gasteiger partial charge in [0.2, 0.25) is 5.91 Å². The summed E-state index contributed by atoms with van der Waals surface area (Å²) in [5.41, 5.74) is 0.950. The number of ether oxygens (including phenoxy) is 1. The Labute approximate surface area is 131 Å². The summed E-state index contributed by atoms with van der Waals surface area (Å²) in [6.07, 6.45) is 0. The first-order valence-electron chi connectivity index (χ1n) is 6.39. The number of hydrogen-bond acceptors (Lipinski definition) is 4. The standard InChI is InChI=1S/C14H21N3O3.ClH/c1-9(8-15-2)13(18)17-11-7-10(14(19)16-3)5-6-12(11)20-4;/h5-7,9,15H,8H2,1-4H3,(H,16,19)(H,17,18);1H. The first kappa shape index (κ1) is 19.2. The number of benzene rings is 1. The van der Waals surface area contributed by atoms with E-state index in [0.717, 1.165) is 0 Å². The fourth-order valence-corrected chi connectivity index (χ4v) is 1.75. The van der Waals surface area contributed by atoms with Gasteiger partial charge in [-0.05, 0) is 25.2 Å². The highest BCUT2D eigenvalue weighted by atomic mass is 35.5. The fourth-order valence-electron chi connectivity index (χ4n) is 1.75. The van der Waals surface area contributed by atoms with Gasteiger partial charge in [0.1, 0.15) is 5.75 Å². The molecule has 1 aromatic rings. The Hall–Kier alpha value is -1.79. The molecule has 0 aliphatic rings. The number of hydrogen-bond donors (Lipinski definition) is 3. The van der Waals surface area contributed by atoms with Crippen LogP contribution in [-0.2, 0) is 4.79 Å². The van der Waals surface area contributed by atoms with Crippen LogP contribution < -0.4 is 20.7 Å². The molecule has 6 nitrogen and oxygen atoms in total. The lowest BCUT2D eigenvalue weighted by Gasteiger charge is -2.15. The molecule has 0 aromatic heterocycles. The molecule has 2 amide bonds. The lowest BCUT2D eigenvalue weighted by atomic mass is 10.1. The van der Waals surface area contributed by atoms with E-state index >= 15 is 0 Å². The Morgan fingerprint density at radius 2 is 1.95 bits per heavy atom. The van der Waals surface area contributed by atoms with E-state index in [4.69, 9.17) is 4.74 Å². The molecule has 0 bridgehead atoms. The summed E-state index contributed by atoms with van der Waals surface area (Å²) in [5, 5.41) is 8.27. The normalized spacial score (nSPS) is 11.0. The van der Waals surface area contributed by atoms with Crippen molar-refractivity contribution in [1.82, 2.24) is 10.6 Å². The van der Waals surface area contributed by atoms with Crippen molar-refractivity contribution in [2.24, 2.45) is 5.92 Å². The van der Waals surface area contributed by atoms with Crippen LogP contribution in [0.4, 0.5) is 5.69 Å². The van der Waals surface area contributed by atoms with Crippen molar-refractivity contribution in [2.45, 2.75) is 6.92 Å². The number of nitrogens with one attached hydrogen (secondary N) is 3. The van der Waals surface area contributed by atoms with E-state index in [2.05, 4.69) is 16.0 Å². The smallest absolute Gasteiger partial charge is 0.251 e. The summed E-state index contributed by atoms with van der Waals surface area (Å²) in [4.78, 5) is 23.6. The SMILES string of the molecule is CNCC(C)C(=O)Nc1cc(C(=O)NC)ccc1OC.Cl. The second-order valence-electron chi connectivity index (χ2n) is 4.44. The lowest BCUT2D eigenvalue weighted by Crippen LogP contribution is -2.29. The highest BCUT2D eigenvalue weighted by Gasteiger charge is 2.15. The van der Waals surface area contributed by atoms with Gasteiger partial charge >= 0.3 is 0 Å². The lowest BCUT2D eigenvalue weighted by molar-refractivity contribution is -0.119. The van der Waals surface area contributed by atoms with Crippen LogP contribution in [0, 0.1) is 5.92 Å². The van der Waals surface area contributed by atoms with Crippen LogP contribution in [0.25, 0.3) is 0 Å². The molecule has 1 rings (SSSR count). The molecule has 3 N–H and O–H groups in total. The monoisotopic (exact) mass is 315 g/mol. The van der Waals surface area contributed by atoms with Gasteiger partial charge in [-0.15, -0.1) is 12.4 Å². The van der Waals surface area contributed by atoms with Crippen molar-refractivity contribution in [3.63, 3.8) is 0 Å². The minimum atomic E-state index is -0.216. The summed E-state index contributed by atoms with van der Waals surface area (Å²) in [6.45, 7) is 2.39. The van der Waals surface area contributed by atoms with Gasteiger partial charge in [0.25, 0.3) is 5.91 Å². The average Bonchev–Trinajstić information content (AvgIpc) is 2.46. The second kappa shape index (κ2) is 9.20. The van der Waals surface area contributed by atoms with Gasteiger partial charge < -0.3 is 20.7 Å².